The SMILES string of the molecule is Cc1cc(Br)cc(N)c1Oc1ccc(Br)cc1C#N. The van der Waals surface area contributed by atoms with Gasteiger partial charge in [0.1, 0.15) is 11.8 Å². The van der Waals surface area contributed by atoms with E-state index in [9.17, 15) is 0 Å². The fraction of sp³-hybridized carbons (Fsp3) is 0.0714. The van der Waals surface area contributed by atoms with Crippen LogP contribution in [0.2, 0.25) is 0 Å². The van der Waals surface area contributed by atoms with Crippen LogP contribution < -0.4 is 10.5 Å². The van der Waals surface area contributed by atoms with E-state index in [4.69, 9.17) is 15.7 Å². The van der Waals surface area contributed by atoms with Gasteiger partial charge in [-0.25, -0.2) is 0 Å². The third-order valence-electron chi connectivity index (χ3n) is 2.54. The number of hydrogen-bond donors (Lipinski definition) is 1. The number of hydrogen-bond acceptors (Lipinski definition) is 3. The smallest absolute Gasteiger partial charge is 0.153 e. The molecule has 0 heterocycles. The van der Waals surface area contributed by atoms with Crippen LogP contribution in [0.4, 0.5) is 5.69 Å². The first-order chi connectivity index (χ1) is 9.01. The molecule has 5 heteroatoms. The molecule has 0 bridgehead atoms. The molecule has 2 aromatic carbocycles. The summed E-state index contributed by atoms with van der Waals surface area (Å²) in [6.07, 6.45) is 0. The number of nitriles is 1. The molecule has 0 aliphatic heterocycles. The lowest BCUT2D eigenvalue weighted by Gasteiger charge is -2.13. The van der Waals surface area contributed by atoms with Crippen LogP contribution in [-0.4, -0.2) is 0 Å². The van der Waals surface area contributed by atoms with Crippen LogP contribution in [0.15, 0.2) is 39.3 Å². The minimum Gasteiger partial charge on any atom is -0.454 e. The van der Waals surface area contributed by atoms with E-state index in [2.05, 4.69) is 37.9 Å². The minimum absolute atomic E-state index is 0.455. The lowest BCUT2D eigenvalue weighted by Crippen LogP contribution is -1.96. The first kappa shape index (κ1) is 13.9. The number of ether oxygens (including phenoxy) is 1. The zero-order valence-corrected chi connectivity index (χ0v) is 13.2. The Morgan fingerprint density at radius 3 is 2.53 bits per heavy atom. The second-order valence-corrected chi connectivity index (χ2v) is 5.83. The maximum Gasteiger partial charge on any atom is 0.153 e. The number of rotatable bonds is 2. The molecule has 0 unspecified atom stereocenters. The van der Waals surface area contributed by atoms with Gasteiger partial charge >= 0.3 is 0 Å². The summed E-state index contributed by atoms with van der Waals surface area (Å²) < 4.78 is 7.51. The molecule has 0 saturated carbocycles. The molecule has 0 aromatic heterocycles. The van der Waals surface area contributed by atoms with Gasteiger partial charge in [-0.05, 0) is 42.8 Å². The molecule has 96 valence electrons. The molecule has 0 aliphatic carbocycles. The Balaban J connectivity index is 2.45. The highest BCUT2D eigenvalue weighted by Crippen LogP contribution is 2.35. The quantitative estimate of drug-likeness (QED) is 0.762. The molecule has 0 spiro atoms. The van der Waals surface area contributed by atoms with Crippen LogP contribution in [-0.2, 0) is 0 Å². The molecule has 2 rings (SSSR count). The second kappa shape index (κ2) is 5.64. The van der Waals surface area contributed by atoms with Crippen molar-refractivity contribution < 1.29 is 4.74 Å². The van der Waals surface area contributed by atoms with Crippen molar-refractivity contribution in [1.82, 2.24) is 0 Å². The third kappa shape index (κ3) is 3.09. The zero-order valence-electron chi connectivity index (χ0n) is 10.1. The molecule has 3 nitrogen and oxygen atoms in total. The van der Waals surface area contributed by atoms with Crippen LogP contribution >= 0.6 is 31.9 Å². The summed E-state index contributed by atoms with van der Waals surface area (Å²) in [6.45, 7) is 1.90. The van der Waals surface area contributed by atoms with E-state index in [1.54, 1.807) is 18.2 Å². The van der Waals surface area contributed by atoms with Gasteiger partial charge in [0, 0.05) is 8.95 Å². The van der Waals surface area contributed by atoms with Crippen LogP contribution in [0.5, 0.6) is 11.5 Å². The van der Waals surface area contributed by atoms with Crippen molar-refractivity contribution in [1.29, 1.82) is 5.26 Å². The van der Waals surface area contributed by atoms with Crippen LogP contribution in [0.3, 0.4) is 0 Å². The van der Waals surface area contributed by atoms with Crippen molar-refractivity contribution in [2.45, 2.75) is 6.92 Å². The fourth-order valence-electron chi connectivity index (χ4n) is 1.68. The molecule has 19 heavy (non-hydrogen) atoms. The van der Waals surface area contributed by atoms with Gasteiger partial charge in [-0.2, -0.15) is 5.26 Å². The molecule has 0 fully saturated rings. The largest absolute Gasteiger partial charge is 0.454 e. The van der Waals surface area contributed by atoms with E-state index in [1.165, 1.54) is 0 Å². The highest BCUT2D eigenvalue weighted by molar-refractivity contribution is 9.10. The molecular weight excluding hydrogens is 372 g/mol. The highest BCUT2D eigenvalue weighted by Gasteiger charge is 2.11. The first-order valence-corrected chi connectivity index (χ1v) is 7.03. The number of nitrogens with zero attached hydrogens (tertiary/aromatic N) is 1. The van der Waals surface area contributed by atoms with E-state index in [1.807, 2.05) is 19.1 Å². The molecule has 0 saturated heterocycles. The molecule has 0 amide bonds. The number of aryl methyl sites for hydroxylation is 1. The summed E-state index contributed by atoms with van der Waals surface area (Å²) in [7, 11) is 0. The van der Waals surface area contributed by atoms with Crippen LogP contribution in [0, 0.1) is 18.3 Å². The lowest BCUT2D eigenvalue weighted by atomic mass is 10.2. The van der Waals surface area contributed by atoms with Gasteiger partial charge in [-0.15, -0.1) is 0 Å². The number of benzene rings is 2. The van der Waals surface area contributed by atoms with Gasteiger partial charge < -0.3 is 10.5 Å². The Morgan fingerprint density at radius 1 is 1.16 bits per heavy atom. The second-order valence-electron chi connectivity index (χ2n) is 4.00. The van der Waals surface area contributed by atoms with Crippen molar-refractivity contribution in [2.24, 2.45) is 0 Å². The first-order valence-electron chi connectivity index (χ1n) is 5.44. The number of nitrogen functional groups attached to an aromatic ring is 1. The van der Waals surface area contributed by atoms with E-state index < -0.39 is 0 Å². The standard InChI is InChI=1S/C14H10Br2N2O/c1-8-4-11(16)6-12(18)14(8)19-13-3-2-10(15)5-9(13)7-17/h2-6H,18H2,1H3. The van der Waals surface area contributed by atoms with Crippen molar-refractivity contribution in [3.63, 3.8) is 0 Å². The van der Waals surface area contributed by atoms with Gasteiger partial charge in [-0.1, -0.05) is 31.9 Å². The molecule has 2 aromatic rings. The number of halogens is 2. The monoisotopic (exact) mass is 380 g/mol. The fourth-order valence-corrected chi connectivity index (χ4v) is 2.63. The summed E-state index contributed by atoms with van der Waals surface area (Å²) in [6, 6.07) is 11.1. The average Bonchev–Trinajstić information content (AvgIpc) is 2.35. The van der Waals surface area contributed by atoms with Gasteiger partial charge in [0.2, 0.25) is 0 Å². The molecular formula is C14H10Br2N2O. The summed E-state index contributed by atoms with van der Waals surface area (Å²) in [5.74, 6) is 1.06. The normalized spacial score (nSPS) is 10.0. The van der Waals surface area contributed by atoms with E-state index in [-0.39, 0.29) is 0 Å². The average molecular weight is 382 g/mol. The van der Waals surface area contributed by atoms with Crippen molar-refractivity contribution in [3.8, 4) is 17.6 Å². The molecule has 0 atom stereocenters. The summed E-state index contributed by atoms with van der Waals surface area (Å²) in [5.41, 5.74) is 7.83. The van der Waals surface area contributed by atoms with E-state index in [0.29, 0.717) is 22.7 Å². The predicted molar refractivity (Wildman–Crippen MR) is 82.2 cm³/mol. The van der Waals surface area contributed by atoms with Gasteiger partial charge in [0.15, 0.2) is 5.75 Å². The summed E-state index contributed by atoms with van der Waals surface area (Å²) >= 11 is 6.70. The summed E-state index contributed by atoms with van der Waals surface area (Å²) in [5, 5.41) is 9.11. The van der Waals surface area contributed by atoms with Gasteiger partial charge in [0.25, 0.3) is 0 Å². The zero-order chi connectivity index (χ0) is 14.0. The predicted octanol–water partition coefficient (Wildman–Crippen LogP) is 4.77. The van der Waals surface area contributed by atoms with Crippen molar-refractivity contribution >= 4 is 37.5 Å². The molecule has 0 radical (unpaired) electrons. The van der Waals surface area contributed by atoms with Crippen LogP contribution in [0.1, 0.15) is 11.1 Å². The maximum atomic E-state index is 9.11. The number of nitrogens with two attached hydrogens (primary N) is 1. The Kier molecular flexibility index (Phi) is 4.13. The topological polar surface area (TPSA) is 59.0 Å². The van der Waals surface area contributed by atoms with Crippen molar-refractivity contribution in [2.75, 3.05) is 5.73 Å². The Bertz CT molecular complexity index is 655. The van der Waals surface area contributed by atoms with Gasteiger partial charge in [-0.3, -0.25) is 0 Å². The summed E-state index contributed by atoms with van der Waals surface area (Å²) in [4.78, 5) is 0. The van der Waals surface area contributed by atoms with E-state index >= 15 is 0 Å². The highest BCUT2D eigenvalue weighted by atomic mass is 79.9. The Labute approximate surface area is 128 Å². The van der Waals surface area contributed by atoms with Gasteiger partial charge in [0.05, 0.1) is 11.3 Å². The third-order valence-corrected chi connectivity index (χ3v) is 3.49. The Morgan fingerprint density at radius 2 is 1.89 bits per heavy atom. The maximum absolute atomic E-state index is 9.11. The lowest BCUT2D eigenvalue weighted by molar-refractivity contribution is 0.479. The molecule has 2 N–H and O–H groups in total. The van der Waals surface area contributed by atoms with E-state index in [0.717, 1.165) is 14.5 Å². The number of anilines is 1. The Hall–Kier alpha value is -1.51. The van der Waals surface area contributed by atoms with Crippen molar-refractivity contribution in [3.05, 3.63) is 50.4 Å². The molecule has 0 aliphatic rings. The minimum atomic E-state index is 0.455. The van der Waals surface area contributed by atoms with Crippen LogP contribution in [0.25, 0.3) is 0 Å².